The van der Waals surface area contributed by atoms with Crippen molar-refractivity contribution in [3.8, 4) is 28.1 Å². The lowest BCUT2D eigenvalue weighted by atomic mass is 9.97. The second-order valence-electron chi connectivity index (χ2n) is 7.23. The second kappa shape index (κ2) is 8.09. The van der Waals surface area contributed by atoms with E-state index in [0.29, 0.717) is 11.1 Å². The fraction of sp³-hybridized carbons (Fsp3) is 0.0909. The van der Waals surface area contributed by atoms with E-state index in [1.54, 1.807) is 18.2 Å². The monoisotopic (exact) mass is 476 g/mol. The molecule has 0 unspecified atom stereocenters. The zero-order valence-electron chi connectivity index (χ0n) is 17.0. The van der Waals surface area contributed by atoms with E-state index in [0.717, 1.165) is 22.9 Å². The molecule has 0 amide bonds. The summed E-state index contributed by atoms with van der Waals surface area (Å²) in [5, 5.41) is 8.76. The molecule has 0 radical (unpaired) electrons. The highest BCUT2D eigenvalue weighted by molar-refractivity contribution is 7.89. The summed E-state index contributed by atoms with van der Waals surface area (Å²) in [7, 11) is -4.00. The molecule has 0 aliphatic carbocycles. The van der Waals surface area contributed by atoms with Crippen LogP contribution < -0.4 is 5.14 Å². The van der Waals surface area contributed by atoms with Crippen molar-refractivity contribution >= 4 is 10.0 Å². The molecule has 4 rings (SSSR count). The molecule has 2 heterocycles. The Kier molecular flexibility index (Phi) is 5.54. The first-order chi connectivity index (χ1) is 15.4. The van der Waals surface area contributed by atoms with Crippen LogP contribution in [0, 0.1) is 12.7 Å². The molecule has 0 aliphatic rings. The quantitative estimate of drug-likeness (QED) is 0.432. The number of hydrogen-bond donors (Lipinski definition) is 1. The van der Waals surface area contributed by atoms with Crippen LogP contribution in [0.3, 0.4) is 0 Å². The standard InChI is InChI=1S/C22H16F4N4O2S/c1-13-18(10-15(11-19(13)23)14-6-8-28-9-7-14)20-12-21(22(24,25)26)29-30(20)16-2-4-17(5-3-16)33(27,31)32/h2-12H,1H3,(H2,27,31,32). The predicted octanol–water partition coefficient (Wildman–Crippen LogP) is 4.72. The van der Waals surface area contributed by atoms with Gasteiger partial charge >= 0.3 is 6.18 Å². The Bertz CT molecular complexity index is 1430. The molecule has 11 heteroatoms. The van der Waals surface area contributed by atoms with Crippen molar-refractivity contribution in [2.45, 2.75) is 18.0 Å². The molecule has 0 bridgehead atoms. The van der Waals surface area contributed by atoms with Gasteiger partial charge in [-0.1, -0.05) is 0 Å². The summed E-state index contributed by atoms with van der Waals surface area (Å²) in [6.45, 7) is 1.45. The van der Waals surface area contributed by atoms with Crippen molar-refractivity contribution in [2.75, 3.05) is 0 Å². The molecule has 0 atom stereocenters. The minimum Gasteiger partial charge on any atom is -0.265 e. The number of nitrogens with two attached hydrogens (primary N) is 1. The normalized spacial score (nSPS) is 12.2. The van der Waals surface area contributed by atoms with Crippen LogP contribution in [0.1, 0.15) is 11.3 Å². The molecular weight excluding hydrogens is 460 g/mol. The maximum atomic E-state index is 14.8. The van der Waals surface area contributed by atoms with E-state index >= 15 is 0 Å². The van der Waals surface area contributed by atoms with Crippen molar-refractivity contribution in [1.82, 2.24) is 14.8 Å². The number of rotatable bonds is 4. The Morgan fingerprint density at radius 2 is 1.58 bits per heavy atom. The fourth-order valence-corrected chi connectivity index (χ4v) is 3.86. The van der Waals surface area contributed by atoms with Crippen molar-refractivity contribution in [1.29, 1.82) is 0 Å². The largest absolute Gasteiger partial charge is 0.435 e. The molecule has 33 heavy (non-hydrogen) atoms. The Balaban J connectivity index is 1.95. The number of pyridine rings is 1. The van der Waals surface area contributed by atoms with E-state index in [-0.39, 0.29) is 27.4 Å². The molecule has 6 nitrogen and oxygen atoms in total. The molecule has 0 saturated heterocycles. The molecule has 4 aromatic rings. The number of nitrogens with zero attached hydrogens (tertiary/aromatic N) is 3. The fourth-order valence-electron chi connectivity index (χ4n) is 3.34. The minimum atomic E-state index is -4.75. The average molecular weight is 476 g/mol. The SMILES string of the molecule is Cc1c(F)cc(-c2ccncc2)cc1-c1cc(C(F)(F)F)nn1-c1ccc(S(N)(=O)=O)cc1. The third-order valence-corrected chi connectivity index (χ3v) is 5.97. The van der Waals surface area contributed by atoms with Gasteiger partial charge in [-0.05, 0) is 78.2 Å². The lowest BCUT2D eigenvalue weighted by Crippen LogP contribution is -2.12. The minimum absolute atomic E-state index is 0.0158. The zero-order chi connectivity index (χ0) is 24.0. The van der Waals surface area contributed by atoms with Gasteiger partial charge in [-0.15, -0.1) is 0 Å². The van der Waals surface area contributed by atoms with Crippen LogP contribution in [-0.4, -0.2) is 23.2 Å². The number of hydrogen-bond acceptors (Lipinski definition) is 4. The summed E-state index contributed by atoms with van der Waals surface area (Å²) >= 11 is 0. The highest BCUT2D eigenvalue weighted by Crippen LogP contribution is 2.37. The zero-order valence-corrected chi connectivity index (χ0v) is 17.8. The van der Waals surface area contributed by atoms with E-state index in [9.17, 15) is 26.0 Å². The van der Waals surface area contributed by atoms with Gasteiger partial charge < -0.3 is 0 Å². The van der Waals surface area contributed by atoms with Crippen LogP contribution >= 0.6 is 0 Å². The van der Waals surface area contributed by atoms with Crippen LogP contribution in [0.15, 0.2) is 71.9 Å². The molecule has 0 fully saturated rings. The van der Waals surface area contributed by atoms with Crippen molar-refractivity contribution < 1.29 is 26.0 Å². The number of halogens is 4. The van der Waals surface area contributed by atoms with Gasteiger partial charge in [0, 0.05) is 18.0 Å². The Morgan fingerprint density at radius 3 is 2.15 bits per heavy atom. The van der Waals surface area contributed by atoms with E-state index in [2.05, 4.69) is 10.1 Å². The Hall–Kier alpha value is -3.57. The van der Waals surface area contributed by atoms with E-state index in [1.165, 1.54) is 37.5 Å². The van der Waals surface area contributed by atoms with Gasteiger partial charge in [0.25, 0.3) is 0 Å². The average Bonchev–Trinajstić information content (AvgIpc) is 3.21. The van der Waals surface area contributed by atoms with Gasteiger partial charge in [0.1, 0.15) is 5.82 Å². The Labute approximate surface area is 186 Å². The van der Waals surface area contributed by atoms with E-state index in [1.807, 2.05) is 0 Å². The molecular formula is C22H16F4N4O2S. The predicted molar refractivity (Wildman–Crippen MR) is 113 cm³/mol. The third kappa shape index (κ3) is 4.50. The van der Waals surface area contributed by atoms with Gasteiger partial charge in [0.2, 0.25) is 10.0 Å². The number of benzene rings is 2. The van der Waals surface area contributed by atoms with Gasteiger partial charge in [0.15, 0.2) is 5.69 Å². The van der Waals surface area contributed by atoms with Crippen molar-refractivity contribution in [2.24, 2.45) is 5.14 Å². The maximum absolute atomic E-state index is 14.8. The number of primary sulfonamides is 1. The summed E-state index contributed by atoms with van der Waals surface area (Å²) in [4.78, 5) is 3.71. The molecule has 0 saturated carbocycles. The smallest absolute Gasteiger partial charge is 0.265 e. The van der Waals surface area contributed by atoms with Crippen LogP contribution in [0.4, 0.5) is 17.6 Å². The Morgan fingerprint density at radius 1 is 0.939 bits per heavy atom. The van der Waals surface area contributed by atoms with Gasteiger partial charge in [-0.3, -0.25) is 4.98 Å². The van der Waals surface area contributed by atoms with Crippen LogP contribution in [0.5, 0.6) is 0 Å². The second-order valence-corrected chi connectivity index (χ2v) is 8.79. The number of sulfonamides is 1. The first-order valence-electron chi connectivity index (χ1n) is 9.46. The molecule has 2 N–H and O–H groups in total. The molecule has 0 aliphatic heterocycles. The van der Waals surface area contributed by atoms with Gasteiger partial charge in [-0.25, -0.2) is 22.6 Å². The van der Waals surface area contributed by atoms with Crippen LogP contribution in [-0.2, 0) is 16.2 Å². The topological polar surface area (TPSA) is 90.9 Å². The van der Waals surface area contributed by atoms with Crippen LogP contribution in [0.2, 0.25) is 0 Å². The molecule has 2 aromatic carbocycles. The summed E-state index contributed by atoms with van der Waals surface area (Å²) in [6.07, 6.45) is -1.71. The molecule has 2 aromatic heterocycles. The summed E-state index contributed by atoms with van der Waals surface area (Å²) in [6, 6.07) is 11.8. The number of alkyl halides is 3. The van der Waals surface area contributed by atoms with E-state index in [4.69, 9.17) is 5.14 Å². The highest BCUT2D eigenvalue weighted by atomic mass is 32.2. The maximum Gasteiger partial charge on any atom is 0.435 e. The first kappa shape index (κ1) is 22.6. The third-order valence-electron chi connectivity index (χ3n) is 5.04. The van der Waals surface area contributed by atoms with Gasteiger partial charge in [-0.2, -0.15) is 18.3 Å². The first-order valence-corrected chi connectivity index (χ1v) is 11.0. The van der Waals surface area contributed by atoms with Crippen molar-refractivity contribution in [3.05, 3.63) is 84.1 Å². The lowest BCUT2D eigenvalue weighted by molar-refractivity contribution is -0.141. The van der Waals surface area contributed by atoms with Crippen molar-refractivity contribution in [3.63, 3.8) is 0 Å². The summed E-state index contributed by atoms with van der Waals surface area (Å²) < 4.78 is 79.4. The van der Waals surface area contributed by atoms with Crippen LogP contribution in [0.25, 0.3) is 28.1 Å². The summed E-state index contributed by atoms with van der Waals surface area (Å²) in [5.41, 5.74) is 0.345. The lowest BCUT2D eigenvalue weighted by Gasteiger charge is -2.13. The number of aromatic nitrogens is 3. The van der Waals surface area contributed by atoms with Gasteiger partial charge in [0.05, 0.1) is 16.3 Å². The van der Waals surface area contributed by atoms with E-state index < -0.39 is 27.7 Å². The highest BCUT2D eigenvalue weighted by Gasteiger charge is 2.35. The molecule has 170 valence electrons. The molecule has 0 spiro atoms. The summed E-state index contributed by atoms with van der Waals surface area (Å²) in [5.74, 6) is -0.606.